The van der Waals surface area contributed by atoms with Crippen LogP contribution in [-0.4, -0.2) is 18.6 Å². The summed E-state index contributed by atoms with van der Waals surface area (Å²) >= 11 is 0. The molecule has 0 aliphatic carbocycles. The van der Waals surface area contributed by atoms with E-state index in [4.69, 9.17) is 0 Å². The lowest BCUT2D eigenvalue weighted by atomic mass is 10.00. The number of rotatable bonds is 3. The van der Waals surface area contributed by atoms with E-state index in [-0.39, 0.29) is 5.92 Å². The Morgan fingerprint density at radius 2 is 1.75 bits per heavy atom. The molecule has 0 saturated carbocycles. The van der Waals surface area contributed by atoms with Crippen LogP contribution in [0.2, 0.25) is 0 Å². The molecule has 0 spiro atoms. The van der Waals surface area contributed by atoms with Gasteiger partial charge in [0.15, 0.2) is 0 Å². The van der Waals surface area contributed by atoms with E-state index < -0.39 is 24.2 Å². The van der Waals surface area contributed by atoms with Crippen molar-refractivity contribution in [2.45, 2.75) is 19.0 Å². The second kappa shape index (κ2) is 4.63. The van der Waals surface area contributed by atoms with E-state index in [9.17, 15) is 22.4 Å². The predicted octanol–water partition coefficient (Wildman–Crippen LogP) is 3.50. The van der Waals surface area contributed by atoms with Gasteiger partial charge in [0.1, 0.15) is 0 Å². The molecule has 1 atom stereocenters. The van der Waals surface area contributed by atoms with Crippen molar-refractivity contribution in [1.82, 2.24) is 0 Å². The standard InChI is InChI=1S/C11H10F4O/c1-7(6-12)8-2-4-9(5-3-8)10(16)11(13,14)15/h2-5,7H,6H2,1H3. The third kappa shape index (κ3) is 2.81. The molecule has 0 aromatic heterocycles. The van der Waals surface area contributed by atoms with Gasteiger partial charge in [-0.2, -0.15) is 13.2 Å². The summed E-state index contributed by atoms with van der Waals surface area (Å²) in [6, 6.07) is 4.81. The van der Waals surface area contributed by atoms with Crippen LogP contribution in [0.25, 0.3) is 0 Å². The molecule has 0 amide bonds. The van der Waals surface area contributed by atoms with Crippen LogP contribution < -0.4 is 0 Å². The number of benzene rings is 1. The first-order valence-electron chi connectivity index (χ1n) is 4.63. The highest BCUT2D eigenvalue weighted by Gasteiger charge is 2.39. The average Bonchev–Trinajstić information content (AvgIpc) is 2.26. The third-order valence-electron chi connectivity index (χ3n) is 2.23. The smallest absolute Gasteiger partial charge is 0.284 e. The average molecular weight is 234 g/mol. The molecular weight excluding hydrogens is 224 g/mol. The van der Waals surface area contributed by atoms with Gasteiger partial charge in [0.2, 0.25) is 0 Å². The minimum absolute atomic E-state index is 0.380. The highest BCUT2D eigenvalue weighted by Crippen LogP contribution is 2.23. The maximum absolute atomic E-state index is 12.3. The molecular formula is C11H10F4O. The zero-order chi connectivity index (χ0) is 12.3. The Kier molecular flexibility index (Phi) is 3.67. The zero-order valence-corrected chi connectivity index (χ0v) is 8.51. The topological polar surface area (TPSA) is 17.1 Å². The van der Waals surface area contributed by atoms with Crippen LogP contribution in [-0.2, 0) is 0 Å². The van der Waals surface area contributed by atoms with Gasteiger partial charge in [-0.25, -0.2) is 0 Å². The predicted molar refractivity (Wildman–Crippen MR) is 51.2 cm³/mol. The van der Waals surface area contributed by atoms with E-state index in [1.165, 1.54) is 12.1 Å². The highest BCUT2D eigenvalue weighted by atomic mass is 19.4. The van der Waals surface area contributed by atoms with Crippen molar-refractivity contribution >= 4 is 5.78 Å². The number of hydrogen-bond donors (Lipinski definition) is 0. The van der Waals surface area contributed by atoms with Crippen molar-refractivity contribution in [3.8, 4) is 0 Å². The SMILES string of the molecule is CC(CF)c1ccc(C(=O)C(F)(F)F)cc1. The van der Waals surface area contributed by atoms with Crippen molar-refractivity contribution in [2.75, 3.05) is 6.67 Å². The van der Waals surface area contributed by atoms with Crippen LogP contribution in [0.15, 0.2) is 24.3 Å². The molecule has 1 aromatic carbocycles. The van der Waals surface area contributed by atoms with Crippen molar-refractivity contribution in [3.05, 3.63) is 35.4 Å². The van der Waals surface area contributed by atoms with Gasteiger partial charge in [0.05, 0.1) is 6.67 Å². The number of halogens is 4. The van der Waals surface area contributed by atoms with Crippen molar-refractivity contribution < 1.29 is 22.4 Å². The molecule has 0 radical (unpaired) electrons. The van der Waals surface area contributed by atoms with Gasteiger partial charge in [0.25, 0.3) is 5.78 Å². The fourth-order valence-corrected chi connectivity index (χ4v) is 1.22. The molecule has 0 heterocycles. The fourth-order valence-electron chi connectivity index (χ4n) is 1.22. The number of ketones is 1. The van der Waals surface area contributed by atoms with Crippen LogP contribution in [0, 0.1) is 0 Å². The number of carbonyl (C=O) groups is 1. The summed E-state index contributed by atoms with van der Waals surface area (Å²) < 4.78 is 48.4. The number of alkyl halides is 4. The van der Waals surface area contributed by atoms with Gasteiger partial charge >= 0.3 is 6.18 Å². The molecule has 1 aromatic rings. The monoisotopic (exact) mass is 234 g/mol. The largest absolute Gasteiger partial charge is 0.454 e. The second-order valence-corrected chi connectivity index (χ2v) is 3.50. The summed E-state index contributed by atoms with van der Waals surface area (Å²) in [4.78, 5) is 10.8. The summed E-state index contributed by atoms with van der Waals surface area (Å²) in [5.41, 5.74) is 0.142. The molecule has 16 heavy (non-hydrogen) atoms. The van der Waals surface area contributed by atoms with Gasteiger partial charge < -0.3 is 0 Å². The lowest BCUT2D eigenvalue weighted by Gasteiger charge is -2.09. The minimum Gasteiger partial charge on any atom is -0.284 e. The quantitative estimate of drug-likeness (QED) is 0.577. The Morgan fingerprint density at radius 3 is 2.12 bits per heavy atom. The molecule has 5 heteroatoms. The van der Waals surface area contributed by atoms with Crippen molar-refractivity contribution in [1.29, 1.82) is 0 Å². The first-order chi connectivity index (χ1) is 7.36. The maximum Gasteiger partial charge on any atom is 0.454 e. The fraction of sp³-hybridized carbons (Fsp3) is 0.364. The van der Waals surface area contributed by atoms with Gasteiger partial charge in [-0.3, -0.25) is 9.18 Å². The van der Waals surface area contributed by atoms with E-state index in [1.54, 1.807) is 6.92 Å². The summed E-state index contributed by atoms with van der Waals surface area (Å²) in [5, 5.41) is 0. The molecule has 0 saturated heterocycles. The number of carbonyl (C=O) groups excluding carboxylic acids is 1. The van der Waals surface area contributed by atoms with Crippen LogP contribution >= 0.6 is 0 Å². The van der Waals surface area contributed by atoms with Crippen LogP contribution in [0.4, 0.5) is 17.6 Å². The molecule has 1 unspecified atom stereocenters. The molecule has 1 rings (SSSR count). The molecule has 1 nitrogen and oxygen atoms in total. The highest BCUT2D eigenvalue weighted by molar-refractivity contribution is 6.00. The molecule has 0 aliphatic heterocycles. The van der Waals surface area contributed by atoms with E-state index in [0.29, 0.717) is 5.56 Å². The summed E-state index contributed by atoms with van der Waals surface area (Å²) in [6.45, 7) is 1.02. The van der Waals surface area contributed by atoms with E-state index in [1.807, 2.05) is 0 Å². The van der Waals surface area contributed by atoms with E-state index >= 15 is 0 Å². The van der Waals surface area contributed by atoms with Gasteiger partial charge in [-0.15, -0.1) is 0 Å². The molecule has 0 aliphatic rings. The first-order valence-corrected chi connectivity index (χ1v) is 4.63. The summed E-state index contributed by atoms with van der Waals surface area (Å²) in [6.07, 6.45) is -4.87. The molecule has 0 fully saturated rings. The summed E-state index contributed by atoms with van der Waals surface area (Å²) in [5.74, 6) is -2.26. The lowest BCUT2D eigenvalue weighted by Crippen LogP contribution is -2.22. The van der Waals surface area contributed by atoms with Gasteiger partial charge in [0, 0.05) is 11.5 Å². The van der Waals surface area contributed by atoms with Crippen molar-refractivity contribution in [3.63, 3.8) is 0 Å². The molecule has 0 N–H and O–H groups in total. The molecule has 88 valence electrons. The Labute approximate surface area is 90.1 Å². The van der Waals surface area contributed by atoms with E-state index in [0.717, 1.165) is 12.1 Å². The third-order valence-corrected chi connectivity index (χ3v) is 2.23. The van der Waals surface area contributed by atoms with Gasteiger partial charge in [-0.05, 0) is 5.56 Å². The van der Waals surface area contributed by atoms with Gasteiger partial charge in [-0.1, -0.05) is 31.2 Å². The Hall–Kier alpha value is -1.39. The zero-order valence-electron chi connectivity index (χ0n) is 8.51. The number of hydrogen-bond acceptors (Lipinski definition) is 1. The first kappa shape index (κ1) is 12.7. The van der Waals surface area contributed by atoms with Crippen LogP contribution in [0.1, 0.15) is 28.8 Å². The van der Waals surface area contributed by atoms with Crippen LogP contribution in [0.5, 0.6) is 0 Å². The molecule has 0 bridgehead atoms. The second-order valence-electron chi connectivity index (χ2n) is 3.50. The minimum atomic E-state index is -4.87. The Bertz CT molecular complexity index is 367. The number of Topliss-reactive ketones (excluding diaryl/α,β-unsaturated/α-hetero) is 1. The normalized spacial score (nSPS) is 13.6. The lowest BCUT2D eigenvalue weighted by molar-refractivity contribution is -0.0885. The van der Waals surface area contributed by atoms with E-state index in [2.05, 4.69) is 0 Å². The Balaban J connectivity index is 2.91. The van der Waals surface area contributed by atoms with Crippen LogP contribution in [0.3, 0.4) is 0 Å². The maximum atomic E-state index is 12.3. The summed E-state index contributed by atoms with van der Waals surface area (Å²) in [7, 11) is 0. The van der Waals surface area contributed by atoms with Crippen molar-refractivity contribution in [2.24, 2.45) is 0 Å². The Morgan fingerprint density at radius 1 is 1.25 bits per heavy atom.